The standard InChI is InChI=1S/C23H31N3O4S/c1-5-25(6-2)31(29,30)20-11-12-22(27)24(15-20)16-23(28)26-13-7-8-21(26)19-10-9-17(3)18(4)14-19/h9-12,14-15,21H,5-8,13,16H2,1-4H3. The van der Waals surface area contributed by atoms with Gasteiger partial charge in [0.1, 0.15) is 6.54 Å². The quantitative estimate of drug-likeness (QED) is 0.656. The monoisotopic (exact) mass is 445 g/mol. The average Bonchev–Trinajstić information content (AvgIpc) is 3.22. The highest BCUT2D eigenvalue weighted by atomic mass is 32.2. The van der Waals surface area contributed by atoms with Gasteiger partial charge in [0, 0.05) is 31.9 Å². The summed E-state index contributed by atoms with van der Waals surface area (Å²) in [5.41, 5.74) is 3.09. The van der Waals surface area contributed by atoms with Crippen molar-refractivity contribution < 1.29 is 13.2 Å². The van der Waals surface area contributed by atoms with Crippen LogP contribution in [0.25, 0.3) is 0 Å². The number of hydrogen-bond acceptors (Lipinski definition) is 4. The highest BCUT2D eigenvalue weighted by molar-refractivity contribution is 7.89. The fourth-order valence-electron chi connectivity index (χ4n) is 4.12. The zero-order chi connectivity index (χ0) is 22.8. The van der Waals surface area contributed by atoms with Gasteiger partial charge in [0.05, 0.1) is 10.9 Å². The summed E-state index contributed by atoms with van der Waals surface area (Å²) in [7, 11) is -3.71. The summed E-state index contributed by atoms with van der Waals surface area (Å²) in [4.78, 5) is 27.3. The van der Waals surface area contributed by atoms with Crippen LogP contribution < -0.4 is 5.56 Å². The topological polar surface area (TPSA) is 79.7 Å². The largest absolute Gasteiger partial charge is 0.334 e. The van der Waals surface area contributed by atoms with E-state index in [2.05, 4.69) is 32.0 Å². The number of aryl methyl sites for hydroxylation is 2. The molecular formula is C23H31N3O4S. The van der Waals surface area contributed by atoms with Crippen LogP contribution in [0.2, 0.25) is 0 Å². The molecule has 2 aromatic rings. The third-order valence-corrected chi connectivity index (χ3v) is 8.13. The van der Waals surface area contributed by atoms with Crippen LogP contribution in [0.3, 0.4) is 0 Å². The second-order valence-corrected chi connectivity index (χ2v) is 9.95. The van der Waals surface area contributed by atoms with Gasteiger partial charge in [-0.25, -0.2) is 8.42 Å². The smallest absolute Gasteiger partial charge is 0.251 e. The predicted octanol–water partition coefficient (Wildman–Crippen LogP) is 2.86. The first-order chi connectivity index (χ1) is 14.7. The fraction of sp³-hybridized carbons (Fsp3) is 0.478. The van der Waals surface area contributed by atoms with Crippen LogP contribution in [-0.2, 0) is 21.4 Å². The molecule has 1 aliphatic heterocycles. The van der Waals surface area contributed by atoms with Crippen LogP contribution >= 0.6 is 0 Å². The summed E-state index contributed by atoms with van der Waals surface area (Å²) in [6.07, 6.45) is 3.06. The Morgan fingerprint density at radius 1 is 1.10 bits per heavy atom. The second-order valence-electron chi connectivity index (χ2n) is 8.01. The molecule has 0 N–H and O–H groups in total. The Morgan fingerprint density at radius 3 is 2.45 bits per heavy atom. The minimum Gasteiger partial charge on any atom is -0.334 e. The first-order valence-corrected chi connectivity index (χ1v) is 12.2. The van der Waals surface area contributed by atoms with E-state index in [-0.39, 0.29) is 23.4 Å². The Balaban J connectivity index is 1.86. The zero-order valence-corrected chi connectivity index (χ0v) is 19.5. The molecule has 1 saturated heterocycles. The van der Waals surface area contributed by atoms with Crippen LogP contribution in [0, 0.1) is 13.8 Å². The first kappa shape index (κ1) is 23.2. The van der Waals surface area contributed by atoms with Gasteiger partial charge in [-0.1, -0.05) is 32.0 Å². The molecule has 1 aliphatic rings. The average molecular weight is 446 g/mol. The number of rotatable bonds is 7. The third-order valence-electron chi connectivity index (χ3n) is 6.09. The van der Waals surface area contributed by atoms with E-state index in [4.69, 9.17) is 0 Å². The minimum atomic E-state index is -3.71. The highest BCUT2D eigenvalue weighted by Crippen LogP contribution is 2.33. The van der Waals surface area contributed by atoms with Gasteiger partial charge in [-0.2, -0.15) is 4.31 Å². The van der Waals surface area contributed by atoms with Gasteiger partial charge in [-0.15, -0.1) is 0 Å². The van der Waals surface area contributed by atoms with Crippen molar-refractivity contribution in [1.29, 1.82) is 0 Å². The number of likely N-dealkylation sites (tertiary alicyclic amines) is 1. The molecule has 31 heavy (non-hydrogen) atoms. The molecule has 1 aromatic heterocycles. The van der Waals surface area contributed by atoms with Crippen LogP contribution in [0.1, 0.15) is 49.4 Å². The molecule has 0 spiro atoms. The number of benzene rings is 1. The molecule has 2 heterocycles. The predicted molar refractivity (Wildman–Crippen MR) is 120 cm³/mol. The van der Waals surface area contributed by atoms with Crippen LogP contribution in [0.4, 0.5) is 0 Å². The van der Waals surface area contributed by atoms with E-state index in [0.29, 0.717) is 19.6 Å². The minimum absolute atomic E-state index is 0.0231. The van der Waals surface area contributed by atoms with Gasteiger partial charge in [0.2, 0.25) is 15.9 Å². The van der Waals surface area contributed by atoms with Crippen molar-refractivity contribution in [1.82, 2.24) is 13.8 Å². The van der Waals surface area contributed by atoms with Gasteiger partial charge in [0.25, 0.3) is 5.56 Å². The summed E-state index contributed by atoms with van der Waals surface area (Å²) in [5, 5.41) is 0. The van der Waals surface area contributed by atoms with Crippen LogP contribution in [-0.4, -0.2) is 47.7 Å². The molecule has 0 radical (unpaired) electrons. The summed E-state index contributed by atoms with van der Waals surface area (Å²) in [6, 6.07) is 8.75. The van der Waals surface area contributed by atoms with Gasteiger partial charge >= 0.3 is 0 Å². The number of carbonyl (C=O) groups is 1. The normalized spacial score (nSPS) is 16.8. The van der Waals surface area contributed by atoms with E-state index >= 15 is 0 Å². The van der Waals surface area contributed by atoms with E-state index in [0.717, 1.165) is 18.4 Å². The fourth-order valence-corrected chi connectivity index (χ4v) is 5.60. The Labute approximate surface area is 184 Å². The molecule has 1 unspecified atom stereocenters. The van der Waals surface area contributed by atoms with Crippen molar-refractivity contribution in [3.05, 3.63) is 63.6 Å². The summed E-state index contributed by atoms with van der Waals surface area (Å²) < 4.78 is 28.2. The van der Waals surface area contributed by atoms with Crippen molar-refractivity contribution in [2.75, 3.05) is 19.6 Å². The molecule has 8 heteroatoms. The Kier molecular flexibility index (Phi) is 7.01. The zero-order valence-electron chi connectivity index (χ0n) is 18.7. The van der Waals surface area contributed by atoms with E-state index in [9.17, 15) is 18.0 Å². The summed E-state index contributed by atoms with van der Waals surface area (Å²) in [5.74, 6) is -0.180. The lowest BCUT2D eigenvalue weighted by Gasteiger charge is -2.26. The van der Waals surface area contributed by atoms with E-state index in [1.807, 2.05) is 4.90 Å². The second kappa shape index (κ2) is 9.36. The number of amides is 1. The number of hydrogen-bond donors (Lipinski definition) is 0. The molecule has 7 nitrogen and oxygen atoms in total. The maximum atomic E-state index is 13.1. The maximum Gasteiger partial charge on any atom is 0.251 e. The number of nitrogens with zero attached hydrogens (tertiary/aromatic N) is 3. The molecule has 3 rings (SSSR count). The lowest BCUT2D eigenvalue weighted by atomic mass is 9.99. The highest BCUT2D eigenvalue weighted by Gasteiger charge is 2.30. The van der Waals surface area contributed by atoms with E-state index in [1.165, 1.54) is 38.3 Å². The molecule has 0 aliphatic carbocycles. The number of sulfonamides is 1. The SMILES string of the molecule is CCN(CC)S(=O)(=O)c1ccc(=O)n(CC(=O)N2CCCC2c2ccc(C)c(C)c2)c1. The van der Waals surface area contributed by atoms with E-state index in [1.54, 1.807) is 13.8 Å². The molecule has 1 aromatic carbocycles. The van der Waals surface area contributed by atoms with Gasteiger partial charge < -0.3 is 9.47 Å². The lowest BCUT2D eigenvalue weighted by Crippen LogP contribution is -2.37. The van der Waals surface area contributed by atoms with Gasteiger partial charge in [-0.05, 0) is 49.4 Å². The Morgan fingerprint density at radius 2 is 1.81 bits per heavy atom. The summed E-state index contributed by atoms with van der Waals surface area (Å²) >= 11 is 0. The van der Waals surface area contributed by atoms with Crippen molar-refractivity contribution >= 4 is 15.9 Å². The van der Waals surface area contributed by atoms with Crippen LogP contribution in [0.5, 0.6) is 0 Å². The van der Waals surface area contributed by atoms with Gasteiger partial charge in [0.15, 0.2) is 0 Å². The molecule has 0 saturated carbocycles. The molecule has 0 bridgehead atoms. The Hall–Kier alpha value is -2.45. The first-order valence-electron chi connectivity index (χ1n) is 10.8. The number of carbonyl (C=O) groups excluding carboxylic acids is 1. The van der Waals surface area contributed by atoms with Crippen molar-refractivity contribution in [2.24, 2.45) is 0 Å². The molecule has 1 fully saturated rings. The molecule has 1 atom stereocenters. The number of aromatic nitrogens is 1. The van der Waals surface area contributed by atoms with Crippen molar-refractivity contribution in [3.63, 3.8) is 0 Å². The van der Waals surface area contributed by atoms with Crippen molar-refractivity contribution in [3.8, 4) is 0 Å². The van der Waals surface area contributed by atoms with Gasteiger partial charge in [-0.3, -0.25) is 9.59 Å². The van der Waals surface area contributed by atoms with Crippen LogP contribution in [0.15, 0.2) is 46.2 Å². The lowest BCUT2D eigenvalue weighted by molar-refractivity contribution is -0.132. The Bertz CT molecular complexity index is 1120. The molecule has 168 valence electrons. The molecule has 1 amide bonds. The van der Waals surface area contributed by atoms with Crippen molar-refractivity contribution in [2.45, 2.75) is 58.0 Å². The maximum absolute atomic E-state index is 13.1. The summed E-state index contributed by atoms with van der Waals surface area (Å²) in [6.45, 7) is 8.76. The number of pyridine rings is 1. The van der Waals surface area contributed by atoms with E-state index < -0.39 is 15.6 Å². The molecular weight excluding hydrogens is 414 g/mol. The third kappa shape index (κ3) is 4.75.